The van der Waals surface area contributed by atoms with Crippen molar-refractivity contribution in [2.45, 2.75) is 29.3 Å². The van der Waals surface area contributed by atoms with Gasteiger partial charge in [-0.2, -0.15) is 5.26 Å². The highest BCUT2D eigenvalue weighted by Crippen LogP contribution is 2.30. The Labute approximate surface area is 132 Å². The number of carbonyl (C=O) groups is 1. The molecule has 0 spiro atoms. The van der Waals surface area contributed by atoms with Crippen LogP contribution in [0.15, 0.2) is 10.1 Å². The molecule has 1 aliphatic heterocycles. The van der Waals surface area contributed by atoms with E-state index in [0.717, 1.165) is 25.9 Å². The van der Waals surface area contributed by atoms with Gasteiger partial charge in [-0.25, -0.2) is 9.97 Å². The minimum absolute atomic E-state index is 0.110. The van der Waals surface area contributed by atoms with Gasteiger partial charge in [0, 0.05) is 13.1 Å². The zero-order valence-corrected chi connectivity index (χ0v) is 13.5. The van der Waals surface area contributed by atoms with Gasteiger partial charge in [0.1, 0.15) is 21.7 Å². The van der Waals surface area contributed by atoms with E-state index in [1.165, 1.54) is 29.9 Å². The van der Waals surface area contributed by atoms with Crippen LogP contribution in [-0.2, 0) is 4.79 Å². The Bertz CT molecular complexity index is 566. The number of thioether (sulfide) groups is 2. The zero-order valence-electron chi connectivity index (χ0n) is 11.8. The van der Waals surface area contributed by atoms with E-state index in [1.54, 1.807) is 0 Å². The van der Waals surface area contributed by atoms with Crippen molar-refractivity contribution >= 4 is 35.4 Å². The van der Waals surface area contributed by atoms with Crippen LogP contribution in [0.4, 0.5) is 5.95 Å². The largest absolute Gasteiger partial charge is 0.369 e. The summed E-state index contributed by atoms with van der Waals surface area (Å²) in [6.07, 6.45) is 5.36. The Morgan fingerprint density at radius 2 is 2.00 bits per heavy atom. The maximum Gasteiger partial charge on any atom is 0.227 e. The molecule has 0 aromatic carbocycles. The van der Waals surface area contributed by atoms with Crippen LogP contribution in [0.2, 0.25) is 0 Å². The molecule has 1 fully saturated rings. The average Bonchev–Trinajstić information content (AvgIpc) is 2.52. The lowest BCUT2D eigenvalue weighted by atomic mass is 10.1. The number of amides is 1. The standard InChI is InChI=1S/C13H17N5OS2/c1-20-11-9(7-14)12(21-8-10(15)19)17-13(16-11)18-5-3-2-4-6-18/h2-6,8H2,1H3,(H2,15,19). The molecular formula is C13H17N5OS2. The van der Waals surface area contributed by atoms with Crippen molar-refractivity contribution in [3.63, 3.8) is 0 Å². The van der Waals surface area contributed by atoms with Gasteiger partial charge in [0.25, 0.3) is 0 Å². The molecule has 0 saturated carbocycles. The summed E-state index contributed by atoms with van der Waals surface area (Å²) < 4.78 is 0. The monoisotopic (exact) mass is 323 g/mol. The predicted molar refractivity (Wildman–Crippen MR) is 84.5 cm³/mol. The highest BCUT2D eigenvalue weighted by molar-refractivity contribution is 8.00. The van der Waals surface area contributed by atoms with Crippen LogP contribution < -0.4 is 10.6 Å². The molecule has 1 aromatic heterocycles. The first-order valence-electron chi connectivity index (χ1n) is 6.68. The summed E-state index contributed by atoms with van der Waals surface area (Å²) in [6.45, 7) is 1.86. The van der Waals surface area contributed by atoms with Gasteiger partial charge >= 0.3 is 0 Å². The van der Waals surface area contributed by atoms with Gasteiger partial charge in [0.05, 0.1) is 5.75 Å². The first kappa shape index (κ1) is 15.9. The van der Waals surface area contributed by atoms with E-state index in [1.807, 2.05) is 6.26 Å². The number of primary amides is 1. The molecule has 0 unspecified atom stereocenters. The lowest BCUT2D eigenvalue weighted by Gasteiger charge is -2.27. The quantitative estimate of drug-likeness (QED) is 0.650. The maximum absolute atomic E-state index is 11.0. The van der Waals surface area contributed by atoms with E-state index >= 15 is 0 Å². The predicted octanol–water partition coefficient (Wildman–Crippen LogP) is 1.64. The highest BCUT2D eigenvalue weighted by Gasteiger charge is 2.20. The van der Waals surface area contributed by atoms with Gasteiger partial charge in [-0.15, -0.1) is 11.8 Å². The van der Waals surface area contributed by atoms with E-state index in [0.29, 0.717) is 21.6 Å². The smallest absolute Gasteiger partial charge is 0.227 e. The summed E-state index contributed by atoms with van der Waals surface area (Å²) in [5.74, 6) is 0.330. The number of hydrogen-bond donors (Lipinski definition) is 1. The molecule has 1 aromatic rings. The van der Waals surface area contributed by atoms with Gasteiger partial charge in [-0.1, -0.05) is 11.8 Å². The molecule has 0 atom stereocenters. The molecule has 8 heteroatoms. The van der Waals surface area contributed by atoms with Crippen LogP contribution in [0, 0.1) is 11.3 Å². The Morgan fingerprint density at radius 1 is 1.33 bits per heavy atom. The van der Waals surface area contributed by atoms with Crippen LogP contribution >= 0.6 is 23.5 Å². The van der Waals surface area contributed by atoms with Gasteiger partial charge < -0.3 is 10.6 Å². The minimum atomic E-state index is -0.423. The van der Waals surface area contributed by atoms with Crippen molar-refractivity contribution in [1.82, 2.24) is 9.97 Å². The lowest BCUT2D eigenvalue weighted by molar-refractivity contribution is -0.115. The second-order valence-electron chi connectivity index (χ2n) is 4.63. The lowest BCUT2D eigenvalue weighted by Crippen LogP contribution is -2.31. The molecule has 1 amide bonds. The third kappa shape index (κ3) is 4.02. The first-order chi connectivity index (χ1) is 10.2. The van der Waals surface area contributed by atoms with Crippen LogP contribution in [-0.4, -0.2) is 41.0 Å². The summed E-state index contributed by atoms with van der Waals surface area (Å²) in [4.78, 5) is 22.1. The SMILES string of the molecule is CSc1nc(N2CCCCC2)nc(SCC(N)=O)c1C#N. The summed E-state index contributed by atoms with van der Waals surface area (Å²) in [6, 6.07) is 2.13. The Hall–Kier alpha value is -1.46. The maximum atomic E-state index is 11.0. The number of rotatable bonds is 5. The normalized spacial score (nSPS) is 14.8. The van der Waals surface area contributed by atoms with Gasteiger partial charge in [-0.05, 0) is 25.5 Å². The van der Waals surface area contributed by atoms with Gasteiger partial charge in [0.15, 0.2) is 0 Å². The van der Waals surface area contributed by atoms with Crippen molar-refractivity contribution in [1.29, 1.82) is 5.26 Å². The Morgan fingerprint density at radius 3 is 2.57 bits per heavy atom. The number of hydrogen-bond acceptors (Lipinski definition) is 7. The van der Waals surface area contributed by atoms with E-state index in [9.17, 15) is 10.1 Å². The summed E-state index contributed by atoms with van der Waals surface area (Å²) in [5.41, 5.74) is 5.61. The number of aromatic nitrogens is 2. The average molecular weight is 323 g/mol. The Kier molecular flexibility index (Phi) is 5.70. The summed E-state index contributed by atoms with van der Waals surface area (Å²) in [7, 11) is 0. The fourth-order valence-electron chi connectivity index (χ4n) is 2.13. The third-order valence-electron chi connectivity index (χ3n) is 3.13. The second kappa shape index (κ2) is 7.52. The minimum Gasteiger partial charge on any atom is -0.369 e. The van der Waals surface area contributed by atoms with Crippen LogP contribution in [0.1, 0.15) is 24.8 Å². The van der Waals surface area contributed by atoms with Crippen molar-refractivity contribution in [3.8, 4) is 6.07 Å². The number of nitrogens with two attached hydrogens (primary N) is 1. The number of nitrogens with zero attached hydrogens (tertiary/aromatic N) is 4. The zero-order chi connectivity index (χ0) is 15.2. The molecule has 0 aliphatic carbocycles. The molecule has 1 aliphatic rings. The summed E-state index contributed by atoms with van der Waals surface area (Å²) >= 11 is 2.62. The van der Waals surface area contributed by atoms with Gasteiger partial charge in [-0.3, -0.25) is 4.79 Å². The fourth-order valence-corrected chi connectivity index (χ4v) is 3.43. The molecule has 6 nitrogen and oxygen atoms in total. The van der Waals surface area contributed by atoms with E-state index in [-0.39, 0.29) is 5.75 Å². The fraction of sp³-hybridized carbons (Fsp3) is 0.538. The molecule has 2 N–H and O–H groups in total. The van der Waals surface area contributed by atoms with Crippen molar-refractivity contribution in [2.75, 3.05) is 30.0 Å². The second-order valence-corrected chi connectivity index (χ2v) is 6.39. The molecule has 2 rings (SSSR count). The highest BCUT2D eigenvalue weighted by atomic mass is 32.2. The molecule has 112 valence electrons. The molecular weight excluding hydrogens is 306 g/mol. The van der Waals surface area contributed by atoms with E-state index in [4.69, 9.17) is 5.73 Å². The first-order valence-corrected chi connectivity index (χ1v) is 8.89. The molecule has 0 radical (unpaired) electrons. The number of carbonyl (C=O) groups excluding carboxylic acids is 1. The van der Waals surface area contributed by atoms with Crippen molar-refractivity contribution in [2.24, 2.45) is 5.73 Å². The number of anilines is 1. The molecule has 2 heterocycles. The van der Waals surface area contributed by atoms with Crippen LogP contribution in [0.5, 0.6) is 0 Å². The third-order valence-corrected chi connectivity index (χ3v) is 4.81. The molecule has 21 heavy (non-hydrogen) atoms. The number of nitriles is 1. The number of piperidine rings is 1. The van der Waals surface area contributed by atoms with E-state index in [2.05, 4.69) is 20.9 Å². The Balaban J connectivity index is 2.35. The van der Waals surface area contributed by atoms with E-state index < -0.39 is 5.91 Å². The van der Waals surface area contributed by atoms with Crippen LogP contribution in [0.3, 0.4) is 0 Å². The van der Waals surface area contributed by atoms with Gasteiger partial charge in [0.2, 0.25) is 11.9 Å². The van der Waals surface area contributed by atoms with Crippen molar-refractivity contribution < 1.29 is 4.79 Å². The van der Waals surface area contributed by atoms with Crippen molar-refractivity contribution in [3.05, 3.63) is 5.56 Å². The molecule has 0 bridgehead atoms. The topological polar surface area (TPSA) is 95.9 Å². The molecule has 1 saturated heterocycles. The summed E-state index contributed by atoms with van der Waals surface area (Å²) in [5, 5.41) is 10.5. The van der Waals surface area contributed by atoms with Crippen LogP contribution in [0.25, 0.3) is 0 Å².